The molecule has 2 rings (SSSR count). The molecule has 1 atom stereocenters. The van der Waals surface area contributed by atoms with Crippen molar-refractivity contribution in [1.82, 2.24) is 10.6 Å². The summed E-state index contributed by atoms with van der Waals surface area (Å²) in [6.45, 7) is 9.84. The third-order valence-corrected chi connectivity index (χ3v) is 5.72. The molecule has 0 aliphatic rings. The van der Waals surface area contributed by atoms with E-state index in [1.54, 1.807) is 24.3 Å². The van der Waals surface area contributed by atoms with E-state index < -0.39 is 9.84 Å². The molecule has 6 heteroatoms. The summed E-state index contributed by atoms with van der Waals surface area (Å²) < 4.78 is 23.2. The highest BCUT2D eigenvalue weighted by Crippen LogP contribution is 2.16. The first kappa shape index (κ1) is 22.9. The molecule has 5 nitrogen and oxygen atoms in total. The lowest BCUT2D eigenvalue weighted by atomic mass is 10.00. The fraction of sp³-hybridized carbons (Fsp3) is 0.435. The fourth-order valence-electron chi connectivity index (χ4n) is 3.03. The number of hydrogen-bond donors (Lipinski definition) is 2. The number of nitrogens with one attached hydrogen (secondary N) is 2. The SMILES string of the molecule is CCNC(=NCc1ccc(S(C)(=O)=O)cc1)NC(C)c1ccc(CC(C)C)cc1. The van der Waals surface area contributed by atoms with E-state index in [1.165, 1.54) is 17.4 Å². The summed E-state index contributed by atoms with van der Waals surface area (Å²) in [6, 6.07) is 15.7. The number of guanidine groups is 1. The highest BCUT2D eigenvalue weighted by Gasteiger charge is 2.09. The second-order valence-corrected chi connectivity index (χ2v) is 9.83. The van der Waals surface area contributed by atoms with E-state index in [0.717, 1.165) is 24.5 Å². The zero-order valence-corrected chi connectivity index (χ0v) is 18.9. The average molecular weight is 416 g/mol. The normalized spacial score (nSPS) is 13.4. The molecule has 0 aliphatic carbocycles. The van der Waals surface area contributed by atoms with Crippen molar-refractivity contribution in [2.75, 3.05) is 12.8 Å². The van der Waals surface area contributed by atoms with E-state index in [9.17, 15) is 8.42 Å². The number of sulfone groups is 1. The largest absolute Gasteiger partial charge is 0.357 e. The lowest BCUT2D eigenvalue weighted by Crippen LogP contribution is -2.38. The zero-order valence-electron chi connectivity index (χ0n) is 18.1. The standard InChI is InChI=1S/C23H33N3O2S/c1-6-24-23(25-16-20-9-13-22(14-10-20)29(5,27)28)26-18(4)21-11-7-19(8-12-21)15-17(2)3/h7-14,17-18H,6,15-16H2,1-5H3,(H2,24,25,26). The molecule has 29 heavy (non-hydrogen) atoms. The Kier molecular flexibility index (Phi) is 8.26. The van der Waals surface area contributed by atoms with Crippen LogP contribution in [0.2, 0.25) is 0 Å². The van der Waals surface area contributed by atoms with Crippen LogP contribution in [-0.4, -0.2) is 27.2 Å². The van der Waals surface area contributed by atoms with Gasteiger partial charge in [-0.3, -0.25) is 0 Å². The second kappa shape index (κ2) is 10.4. The Labute approximate surface area is 175 Å². The van der Waals surface area contributed by atoms with Gasteiger partial charge in [-0.1, -0.05) is 50.2 Å². The zero-order chi connectivity index (χ0) is 21.4. The summed E-state index contributed by atoms with van der Waals surface area (Å²) in [5, 5.41) is 6.71. The summed E-state index contributed by atoms with van der Waals surface area (Å²) in [4.78, 5) is 4.97. The molecular weight excluding hydrogens is 382 g/mol. The van der Waals surface area contributed by atoms with Crippen LogP contribution in [0.25, 0.3) is 0 Å². The van der Waals surface area contributed by atoms with Crippen LogP contribution in [0.5, 0.6) is 0 Å². The minimum atomic E-state index is -3.18. The van der Waals surface area contributed by atoms with E-state index in [1.807, 2.05) is 6.92 Å². The van der Waals surface area contributed by atoms with Crippen LogP contribution < -0.4 is 10.6 Å². The van der Waals surface area contributed by atoms with Crippen LogP contribution in [-0.2, 0) is 22.8 Å². The molecule has 0 radical (unpaired) electrons. The Morgan fingerprint density at radius 1 is 0.966 bits per heavy atom. The van der Waals surface area contributed by atoms with E-state index in [4.69, 9.17) is 0 Å². The van der Waals surface area contributed by atoms with Gasteiger partial charge in [0.25, 0.3) is 0 Å². The van der Waals surface area contributed by atoms with Crippen LogP contribution in [0.15, 0.2) is 58.4 Å². The van der Waals surface area contributed by atoms with Gasteiger partial charge in [0.1, 0.15) is 0 Å². The van der Waals surface area contributed by atoms with E-state index in [-0.39, 0.29) is 6.04 Å². The molecule has 0 aliphatic heterocycles. The maximum atomic E-state index is 11.6. The Hall–Kier alpha value is -2.34. The molecule has 2 aromatic rings. The fourth-order valence-corrected chi connectivity index (χ4v) is 3.67. The topological polar surface area (TPSA) is 70.6 Å². The molecule has 0 fully saturated rings. The molecule has 2 aromatic carbocycles. The van der Waals surface area contributed by atoms with Crippen molar-refractivity contribution < 1.29 is 8.42 Å². The Bertz CT molecular complexity index is 902. The summed E-state index contributed by atoms with van der Waals surface area (Å²) in [6.07, 6.45) is 2.30. The molecule has 0 aromatic heterocycles. The molecule has 158 valence electrons. The number of rotatable bonds is 8. The molecule has 0 bridgehead atoms. The average Bonchev–Trinajstić information content (AvgIpc) is 2.66. The van der Waals surface area contributed by atoms with Gasteiger partial charge in [0, 0.05) is 12.8 Å². The van der Waals surface area contributed by atoms with Gasteiger partial charge in [-0.05, 0) is 55.0 Å². The van der Waals surface area contributed by atoms with Crippen molar-refractivity contribution in [3.63, 3.8) is 0 Å². The van der Waals surface area contributed by atoms with Crippen molar-refractivity contribution in [2.45, 2.75) is 51.6 Å². The smallest absolute Gasteiger partial charge is 0.192 e. The van der Waals surface area contributed by atoms with Gasteiger partial charge in [0.15, 0.2) is 15.8 Å². The van der Waals surface area contributed by atoms with Gasteiger partial charge in [-0.25, -0.2) is 13.4 Å². The number of nitrogens with zero attached hydrogens (tertiary/aromatic N) is 1. The predicted molar refractivity (Wildman–Crippen MR) is 121 cm³/mol. The Balaban J connectivity index is 2.04. The molecular formula is C23H33N3O2S. The van der Waals surface area contributed by atoms with Crippen molar-refractivity contribution in [1.29, 1.82) is 0 Å². The van der Waals surface area contributed by atoms with Gasteiger partial charge in [0.2, 0.25) is 0 Å². The maximum Gasteiger partial charge on any atom is 0.192 e. The predicted octanol–water partition coefficient (Wildman–Crippen LogP) is 4.10. The number of aliphatic imine (C=N–C) groups is 1. The van der Waals surface area contributed by atoms with Gasteiger partial charge < -0.3 is 10.6 Å². The van der Waals surface area contributed by atoms with Crippen molar-refractivity contribution in [3.8, 4) is 0 Å². The van der Waals surface area contributed by atoms with E-state index in [0.29, 0.717) is 17.4 Å². The van der Waals surface area contributed by atoms with Gasteiger partial charge >= 0.3 is 0 Å². The highest BCUT2D eigenvalue weighted by atomic mass is 32.2. The third kappa shape index (κ3) is 7.54. The number of benzene rings is 2. The van der Waals surface area contributed by atoms with Crippen molar-refractivity contribution in [3.05, 3.63) is 65.2 Å². The first-order valence-corrected chi connectivity index (χ1v) is 12.0. The summed E-state index contributed by atoms with van der Waals surface area (Å²) in [5.41, 5.74) is 3.52. The quantitative estimate of drug-likeness (QED) is 0.503. The van der Waals surface area contributed by atoms with Crippen molar-refractivity contribution >= 4 is 15.8 Å². The molecule has 0 saturated carbocycles. The summed E-state index contributed by atoms with van der Waals surface area (Å²) >= 11 is 0. The van der Waals surface area contributed by atoms with E-state index in [2.05, 4.69) is 60.7 Å². The van der Waals surface area contributed by atoms with Crippen LogP contribution in [0.1, 0.15) is 50.4 Å². The Morgan fingerprint density at radius 3 is 2.07 bits per heavy atom. The first-order chi connectivity index (χ1) is 13.7. The monoisotopic (exact) mass is 415 g/mol. The molecule has 2 N–H and O–H groups in total. The molecule has 0 spiro atoms. The lowest BCUT2D eigenvalue weighted by Gasteiger charge is -2.19. The lowest BCUT2D eigenvalue weighted by molar-refractivity contribution is 0.602. The summed E-state index contributed by atoms with van der Waals surface area (Å²) in [5.74, 6) is 1.38. The molecule has 1 unspecified atom stereocenters. The molecule has 0 amide bonds. The summed E-state index contributed by atoms with van der Waals surface area (Å²) in [7, 11) is -3.18. The molecule has 0 saturated heterocycles. The van der Waals surface area contributed by atoms with Crippen LogP contribution >= 0.6 is 0 Å². The van der Waals surface area contributed by atoms with Gasteiger partial charge in [-0.2, -0.15) is 0 Å². The van der Waals surface area contributed by atoms with Gasteiger partial charge in [0.05, 0.1) is 17.5 Å². The number of hydrogen-bond acceptors (Lipinski definition) is 3. The highest BCUT2D eigenvalue weighted by molar-refractivity contribution is 7.90. The minimum absolute atomic E-state index is 0.119. The van der Waals surface area contributed by atoms with Gasteiger partial charge in [-0.15, -0.1) is 0 Å². The van der Waals surface area contributed by atoms with E-state index >= 15 is 0 Å². The van der Waals surface area contributed by atoms with Crippen LogP contribution in [0.4, 0.5) is 0 Å². The second-order valence-electron chi connectivity index (χ2n) is 7.82. The molecule has 0 heterocycles. The maximum absolute atomic E-state index is 11.6. The third-order valence-electron chi connectivity index (χ3n) is 4.59. The Morgan fingerprint density at radius 2 is 1.55 bits per heavy atom. The van der Waals surface area contributed by atoms with Crippen LogP contribution in [0, 0.1) is 5.92 Å². The first-order valence-electron chi connectivity index (χ1n) is 10.1. The van der Waals surface area contributed by atoms with Crippen LogP contribution in [0.3, 0.4) is 0 Å². The minimum Gasteiger partial charge on any atom is -0.357 e. The van der Waals surface area contributed by atoms with Crippen molar-refractivity contribution in [2.24, 2.45) is 10.9 Å².